The second kappa shape index (κ2) is 7.13. The van der Waals surface area contributed by atoms with Gasteiger partial charge in [0.1, 0.15) is 6.10 Å². The predicted molar refractivity (Wildman–Crippen MR) is 77.4 cm³/mol. The van der Waals surface area contributed by atoms with Gasteiger partial charge in [-0.05, 0) is 24.1 Å². The maximum atomic E-state index is 11.1. The van der Waals surface area contributed by atoms with Crippen LogP contribution in [-0.2, 0) is 14.3 Å². The molecule has 0 bridgehead atoms. The molecule has 120 valence electrons. The summed E-state index contributed by atoms with van der Waals surface area (Å²) in [6.07, 6.45) is -0.361. The van der Waals surface area contributed by atoms with E-state index in [2.05, 4.69) is 5.16 Å². The van der Waals surface area contributed by atoms with E-state index in [-0.39, 0.29) is 0 Å². The molecule has 1 aromatic carbocycles. The van der Waals surface area contributed by atoms with Gasteiger partial charge in [-0.1, -0.05) is 11.2 Å². The number of carbonyl (C=O) groups excluding carboxylic acids is 1. The molecule has 1 heterocycles. The van der Waals surface area contributed by atoms with Crippen molar-refractivity contribution in [1.82, 2.24) is 0 Å². The third-order valence-electron chi connectivity index (χ3n) is 3.36. The molecule has 1 aliphatic rings. The molecule has 22 heavy (non-hydrogen) atoms. The van der Waals surface area contributed by atoms with Crippen molar-refractivity contribution in [1.29, 1.82) is 0 Å². The Bertz CT molecular complexity index is 571. The van der Waals surface area contributed by atoms with Gasteiger partial charge in [0.25, 0.3) is 0 Å². The molecule has 1 aromatic rings. The van der Waals surface area contributed by atoms with Gasteiger partial charge in [0.2, 0.25) is 6.29 Å². The van der Waals surface area contributed by atoms with Crippen molar-refractivity contribution < 1.29 is 28.9 Å². The van der Waals surface area contributed by atoms with E-state index in [9.17, 15) is 4.79 Å². The molecule has 7 heteroatoms. The molecule has 1 fully saturated rings. The van der Waals surface area contributed by atoms with Gasteiger partial charge in [-0.15, -0.1) is 0 Å². The summed E-state index contributed by atoms with van der Waals surface area (Å²) in [7, 11) is 3.08. The van der Waals surface area contributed by atoms with Crippen LogP contribution in [0.5, 0.6) is 11.5 Å². The van der Waals surface area contributed by atoms with Gasteiger partial charge in [-0.25, -0.2) is 0 Å². The van der Waals surface area contributed by atoms with Crippen LogP contribution in [0, 0.1) is 0 Å². The fourth-order valence-electron chi connectivity index (χ4n) is 2.36. The maximum absolute atomic E-state index is 11.1. The molecule has 0 amide bonds. The summed E-state index contributed by atoms with van der Waals surface area (Å²) in [5, 5.41) is 12.5. The zero-order valence-electron chi connectivity index (χ0n) is 12.7. The first-order valence-corrected chi connectivity index (χ1v) is 6.84. The van der Waals surface area contributed by atoms with E-state index >= 15 is 0 Å². The number of ether oxygens (including phenoxy) is 4. The third kappa shape index (κ3) is 3.48. The van der Waals surface area contributed by atoms with E-state index in [0.717, 1.165) is 5.56 Å². The van der Waals surface area contributed by atoms with Gasteiger partial charge in [-0.2, -0.15) is 0 Å². The van der Waals surface area contributed by atoms with Crippen LogP contribution < -0.4 is 9.47 Å². The predicted octanol–water partition coefficient (Wildman–Crippen LogP) is 2.27. The highest BCUT2D eigenvalue weighted by atomic mass is 16.7. The van der Waals surface area contributed by atoms with Gasteiger partial charge < -0.3 is 24.2 Å². The van der Waals surface area contributed by atoms with Crippen LogP contribution in [0.15, 0.2) is 23.4 Å². The Morgan fingerprint density at radius 2 is 2.05 bits per heavy atom. The van der Waals surface area contributed by atoms with Crippen LogP contribution in [0.25, 0.3) is 0 Å². The molecule has 2 unspecified atom stereocenters. The number of benzene rings is 1. The van der Waals surface area contributed by atoms with Gasteiger partial charge in [0, 0.05) is 13.3 Å². The first-order chi connectivity index (χ1) is 10.6. The topological polar surface area (TPSA) is 86.6 Å². The Morgan fingerprint density at radius 3 is 2.64 bits per heavy atom. The number of carbonyl (C=O) groups is 1. The Kier molecular flexibility index (Phi) is 5.21. The van der Waals surface area contributed by atoms with Gasteiger partial charge in [-0.3, -0.25) is 4.79 Å². The van der Waals surface area contributed by atoms with Crippen LogP contribution in [0.2, 0.25) is 0 Å². The van der Waals surface area contributed by atoms with Crippen LogP contribution in [0.4, 0.5) is 0 Å². The molecule has 1 saturated heterocycles. The highest BCUT2D eigenvalue weighted by Crippen LogP contribution is 2.35. The number of esters is 1. The molecular weight excluding hydrogens is 290 g/mol. The van der Waals surface area contributed by atoms with E-state index in [1.165, 1.54) is 14.0 Å². The number of hydrogen-bond donors (Lipinski definition) is 1. The third-order valence-corrected chi connectivity index (χ3v) is 3.36. The number of hydrogen-bond acceptors (Lipinski definition) is 7. The minimum atomic E-state index is -0.666. The van der Waals surface area contributed by atoms with Crippen molar-refractivity contribution >= 4 is 11.7 Å². The van der Waals surface area contributed by atoms with Crippen molar-refractivity contribution in [3.63, 3.8) is 0 Å². The van der Waals surface area contributed by atoms with Gasteiger partial charge >= 0.3 is 5.97 Å². The van der Waals surface area contributed by atoms with Crippen molar-refractivity contribution in [2.24, 2.45) is 5.16 Å². The van der Waals surface area contributed by atoms with Crippen molar-refractivity contribution in [2.75, 3.05) is 14.2 Å². The van der Waals surface area contributed by atoms with E-state index in [0.29, 0.717) is 30.1 Å². The highest BCUT2D eigenvalue weighted by molar-refractivity contribution is 5.90. The average molecular weight is 309 g/mol. The summed E-state index contributed by atoms with van der Waals surface area (Å²) < 4.78 is 21.3. The van der Waals surface area contributed by atoms with Crippen LogP contribution in [0.3, 0.4) is 0 Å². The largest absolute Gasteiger partial charge is 0.493 e. The monoisotopic (exact) mass is 309 g/mol. The molecular formula is C15H19NO6. The minimum Gasteiger partial charge on any atom is -0.493 e. The first kappa shape index (κ1) is 16.1. The number of oxime groups is 1. The van der Waals surface area contributed by atoms with Crippen LogP contribution >= 0.6 is 0 Å². The van der Waals surface area contributed by atoms with E-state index in [4.69, 9.17) is 24.2 Å². The molecule has 0 spiro atoms. The molecule has 0 aromatic heterocycles. The van der Waals surface area contributed by atoms with E-state index < -0.39 is 18.4 Å². The number of rotatable bonds is 4. The Labute approximate surface area is 128 Å². The van der Waals surface area contributed by atoms with Gasteiger partial charge in [0.15, 0.2) is 11.5 Å². The maximum Gasteiger partial charge on any atom is 0.304 e. The number of methoxy groups -OCH3 is 2. The standard InChI is InChI=1S/C15H19NO6/c1-9(17)21-14-7-5-11(16-18)15(22-14)10-4-6-12(19-2)13(8-10)20-3/h4,6,8,14-15,18H,5,7H2,1-3H3/b16-11-. The molecule has 7 nitrogen and oxygen atoms in total. The second-order valence-electron chi connectivity index (χ2n) is 4.80. The smallest absolute Gasteiger partial charge is 0.304 e. The summed E-state index contributed by atoms with van der Waals surface area (Å²) in [5.74, 6) is 0.706. The first-order valence-electron chi connectivity index (χ1n) is 6.84. The second-order valence-corrected chi connectivity index (χ2v) is 4.80. The molecule has 1 aliphatic heterocycles. The lowest BCUT2D eigenvalue weighted by molar-refractivity contribution is -0.187. The summed E-state index contributed by atoms with van der Waals surface area (Å²) in [6.45, 7) is 1.32. The molecule has 2 atom stereocenters. The molecule has 0 radical (unpaired) electrons. The Balaban J connectivity index is 2.28. The zero-order chi connectivity index (χ0) is 16.1. The highest BCUT2D eigenvalue weighted by Gasteiger charge is 2.31. The summed E-state index contributed by atoms with van der Waals surface area (Å²) in [4.78, 5) is 11.1. The van der Waals surface area contributed by atoms with Crippen molar-refractivity contribution in [3.05, 3.63) is 23.8 Å². The fourth-order valence-corrected chi connectivity index (χ4v) is 2.36. The van der Waals surface area contributed by atoms with Crippen molar-refractivity contribution in [2.45, 2.75) is 32.2 Å². The summed E-state index contributed by atoms with van der Waals surface area (Å²) in [5.41, 5.74) is 1.19. The molecule has 1 N–H and O–H groups in total. The lowest BCUT2D eigenvalue weighted by atomic mass is 9.98. The molecule has 2 rings (SSSR count). The summed E-state index contributed by atoms with van der Waals surface area (Å²) in [6, 6.07) is 5.26. The lowest BCUT2D eigenvalue weighted by Gasteiger charge is -2.30. The number of nitrogens with zero attached hydrogens (tertiary/aromatic N) is 1. The Hall–Kier alpha value is -2.28. The SMILES string of the molecule is COc1ccc(C2OC(OC(C)=O)CC/C2=N/O)cc1OC. The van der Waals surface area contributed by atoms with Crippen LogP contribution in [0.1, 0.15) is 31.4 Å². The summed E-state index contributed by atoms with van der Waals surface area (Å²) >= 11 is 0. The lowest BCUT2D eigenvalue weighted by Crippen LogP contribution is -2.32. The normalized spacial score (nSPS) is 23.1. The van der Waals surface area contributed by atoms with E-state index in [1.807, 2.05) is 0 Å². The van der Waals surface area contributed by atoms with Crippen LogP contribution in [-0.4, -0.2) is 37.4 Å². The molecule has 0 aliphatic carbocycles. The average Bonchev–Trinajstić information content (AvgIpc) is 2.53. The Morgan fingerprint density at radius 1 is 1.32 bits per heavy atom. The van der Waals surface area contributed by atoms with Crippen molar-refractivity contribution in [3.8, 4) is 11.5 Å². The molecule has 0 saturated carbocycles. The zero-order valence-corrected chi connectivity index (χ0v) is 12.7. The quantitative estimate of drug-likeness (QED) is 0.521. The van der Waals surface area contributed by atoms with Gasteiger partial charge in [0.05, 0.1) is 19.9 Å². The minimum absolute atomic E-state index is 0.416. The van der Waals surface area contributed by atoms with E-state index in [1.54, 1.807) is 25.3 Å². The fraction of sp³-hybridized carbons (Fsp3) is 0.467.